The minimum Gasteiger partial charge on any atom is -0.324 e. The van der Waals surface area contributed by atoms with Gasteiger partial charge < -0.3 is 5.32 Å². The van der Waals surface area contributed by atoms with Crippen LogP contribution in [0.5, 0.6) is 0 Å². The van der Waals surface area contributed by atoms with Crippen molar-refractivity contribution in [3.63, 3.8) is 0 Å². The second-order valence-corrected chi connectivity index (χ2v) is 13.1. The molecule has 0 radical (unpaired) electrons. The SMILES string of the molecule is O=C(Cn1c2c(sc1=O)C(c1ccccc1)C1C(=O)N(c3ccc(Br)cc3)C(=O)C1S2)Nc1ccc(Cl)c(Cl)c1. The predicted octanol–water partition coefficient (Wildman–Crippen LogP) is 6.41. The summed E-state index contributed by atoms with van der Waals surface area (Å²) in [7, 11) is 0. The number of nitrogens with zero attached hydrogens (tertiary/aromatic N) is 2. The van der Waals surface area contributed by atoms with Crippen LogP contribution in [0.15, 0.2) is 87.1 Å². The molecule has 2 aliphatic rings. The monoisotopic (exact) mass is 673 g/mol. The fourth-order valence-electron chi connectivity index (χ4n) is 5.04. The zero-order valence-corrected chi connectivity index (χ0v) is 25.1. The number of hydrogen-bond acceptors (Lipinski definition) is 6. The number of thioether (sulfide) groups is 1. The number of anilines is 2. The molecule has 6 rings (SSSR count). The lowest BCUT2D eigenvalue weighted by molar-refractivity contribution is -0.122. The highest BCUT2D eigenvalue weighted by molar-refractivity contribution is 9.10. The highest BCUT2D eigenvalue weighted by atomic mass is 79.9. The first-order valence-electron chi connectivity index (χ1n) is 12.1. The molecule has 3 unspecified atom stereocenters. The standard InChI is InChI=1S/C28H18BrCl2N3O4S2/c29-15-6-9-17(10-7-15)34-25(36)22-21(14-4-2-1-3-5-14)24-27(39-23(22)26(34)37)33(28(38)40-24)13-20(35)32-16-8-11-18(30)19(31)12-16/h1-12,21-23H,13H2,(H,32,35). The molecule has 0 spiro atoms. The topological polar surface area (TPSA) is 88.5 Å². The number of fused-ring (bicyclic) bond motifs is 2. The Labute approximate surface area is 255 Å². The Morgan fingerprint density at radius 3 is 2.35 bits per heavy atom. The Bertz CT molecular complexity index is 1730. The Morgan fingerprint density at radius 2 is 1.65 bits per heavy atom. The van der Waals surface area contributed by atoms with Crippen molar-refractivity contribution in [2.24, 2.45) is 5.92 Å². The molecule has 0 saturated carbocycles. The molecule has 3 amide bonds. The number of amides is 3. The van der Waals surface area contributed by atoms with E-state index in [0.717, 1.165) is 21.4 Å². The van der Waals surface area contributed by atoms with Crippen LogP contribution >= 0.6 is 62.2 Å². The average molecular weight is 675 g/mol. The summed E-state index contributed by atoms with van der Waals surface area (Å²) in [6.45, 7) is -0.268. The van der Waals surface area contributed by atoms with Crippen LogP contribution in [0.25, 0.3) is 0 Å². The maximum Gasteiger partial charge on any atom is 0.308 e. The third-order valence-corrected chi connectivity index (χ3v) is 10.7. The summed E-state index contributed by atoms with van der Waals surface area (Å²) >= 11 is 17.6. The number of thiazole rings is 1. The number of nitrogens with one attached hydrogen (secondary N) is 1. The molecule has 7 nitrogen and oxygen atoms in total. The minimum absolute atomic E-state index is 0.268. The molecule has 1 aromatic heterocycles. The molecule has 3 aromatic carbocycles. The molecular formula is C28H18BrCl2N3O4S2. The number of carbonyl (C=O) groups excluding carboxylic acids is 3. The van der Waals surface area contributed by atoms with Crippen molar-refractivity contribution in [3.8, 4) is 0 Å². The van der Waals surface area contributed by atoms with E-state index < -0.39 is 23.0 Å². The van der Waals surface area contributed by atoms with Crippen LogP contribution in [0.4, 0.5) is 11.4 Å². The maximum absolute atomic E-state index is 13.9. The normalized spacial score (nSPS) is 19.9. The minimum atomic E-state index is -0.757. The Kier molecular flexibility index (Phi) is 7.39. The molecule has 3 heterocycles. The van der Waals surface area contributed by atoms with Gasteiger partial charge in [0.05, 0.1) is 26.7 Å². The third-order valence-electron chi connectivity index (χ3n) is 6.80. The third kappa shape index (κ3) is 4.81. The summed E-state index contributed by atoms with van der Waals surface area (Å²) in [5.74, 6) is -2.32. The largest absolute Gasteiger partial charge is 0.324 e. The van der Waals surface area contributed by atoms with Crippen LogP contribution in [0.1, 0.15) is 16.4 Å². The predicted molar refractivity (Wildman–Crippen MR) is 162 cm³/mol. The van der Waals surface area contributed by atoms with E-state index in [0.29, 0.717) is 26.3 Å². The molecule has 202 valence electrons. The summed E-state index contributed by atoms with van der Waals surface area (Å²) < 4.78 is 2.21. The molecule has 1 saturated heterocycles. The highest BCUT2D eigenvalue weighted by Gasteiger charge is 2.56. The van der Waals surface area contributed by atoms with Gasteiger partial charge in [-0.25, -0.2) is 4.90 Å². The summed E-state index contributed by atoms with van der Waals surface area (Å²) in [5, 5.41) is 3.15. The number of rotatable bonds is 5. The van der Waals surface area contributed by atoms with Gasteiger partial charge in [-0.15, -0.1) is 0 Å². The summed E-state index contributed by atoms with van der Waals surface area (Å²) in [6, 6.07) is 21.1. The number of aromatic nitrogens is 1. The van der Waals surface area contributed by atoms with Gasteiger partial charge in [-0.05, 0) is 48.0 Å². The number of benzene rings is 3. The Hall–Kier alpha value is -2.89. The van der Waals surface area contributed by atoms with Gasteiger partial charge >= 0.3 is 4.87 Å². The van der Waals surface area contributed by atoms with Crippen molar-refractivity contribution >= 4 is 91.3 Å². The highest BCUT2D eigenvalue weighted by Crippen LogP contribution is 2.53. The molecule has 1 fully saturated rings. The quantitative estimate of drug-likeness (QED) is 0.247. The van der Waals surface area contributed by atoms with Crippen molar-refractivity contribution in [2.45, 2.75) is 22.7 Å². The zero-order chi connectivity index (χ0) is 28.1. The average Bonchev–Trinajstić information content (AvgIpc) is 3.38. The second-order valence-electron chi connectivity index (χ2n) is 9.24. The van der Waals surface area contributed by atoms with Gasteiger partial charge in [0.25, 0.3) is 0 Å². The first kappa shape index (κ1) is 27.3. The van der Waals surface area contributed by atoms with Crippen LogP contribution in [0.2, 0.25) is 10.0 Å². The van der Waals surface area contributed by atoms with E-state index >= 15 is 0 Å². The van der Waals surface area contributed by atoms with Crippen LogP contribution in [-0.2, 0) is 20.9 Å². The molecule has 1 N–H and O–H groups in total. The Morgan fingerprint density at radius 1 is 0.925 bits per heavy atom. The molecular weight excluding hydrogens is 657 g/mol. The first-order chi connectivity index (χ1) is 19.2. The van der Waals surface area contributed by atoms with E-state index in [1.165, 1.54) is 27.3 Å². The van der Waals surface area contributed by atoms with Gasteiger partial charge in [-0.2, -0.15) is 0 Å². The molecule has 0 aliphatic carbocycles. The van der Waals surface area contributed by atoms with Gasteiger partial charge in [-0.3, -0.25) is 23.7 Å². The van der Waals surface area contributed by atoms with Crippen LogP contribution in [0.3, 0.4) is 0 Å². The van der Waals surface area contributed by atoms with Gasteiger partial charge in [0, 0.05) is 21.0 Å². The second kappa shape index (κ2) is 10.8. The maximum atomic E-state index is 13.9. The van der Waals surface area contributed by atoms with Crippen molar-refractivity contribution < 1.29 is 14.4 Å². The summed E-state index contributed by atoms with van der Waals surface area (Å²) in [6.07, 6.45) is 0. The zero-order valence-electron chi connectivity index (χ0n) is 20.3. The number of imide groups is 1. The smallest absolute Gasteiger partial charge is 0.308 e. The van der Waals surface area contributed by atoms with Gasteiger partial charge in [-0.1, -0.05) is 92.6 Å². The first-order valence-corrected chi connectivity index (χ1v) is 15.3. The Balaban J connectivity index is 1.39. The van der Waals surface area contributed by atoms with Crippen molar-refractivity contribution in [1.29, 1.82) is 0 Å². The van der Waals surface area contributed by atoms with E-state index in [2.05, 4.69) is 21.2 Å². The number of hydrogen-bond donors (Lipinski definition) is 1. The van der Waals surface area contributed by atoms with Crippen molar-refractivity contribution in [1.82, 2.24) is 4.57 Å². The van der Waals surface area contributed by atoms with Crippen molar-refractivity contribution in [2.75, 3.05) is 10.2 Å². The fourth-order valence-corrected chi connectivity index (χ4v) is 8.37. The summed E-state index contributed by atoms with van der Waals surface area (Å²) in [5.41, 5.74) is 1.75. The lowest BCUT2D eigenvalue weighted by atomic mass is 9.83. The van der Waals surface area contributed by atoms with E-state index in [1.54, 1.807) is 36.4 Å². The van der Waals surface area contributed by atoms with E-state index in [9.17, 15) is 19.2 Å². The molecule has 40 heavy (non-hydrogen) atoms. The van der Waals surface area contributed by atoms with Crippen LogP contribution < -0.4 is 15.1 Å². The van der Waals surface area contributed by atoms with E-state index in [4.69, 9.17) is 23.2 Å². The van der Waals surface area contributed by atoms with Gasteiger partial charge in [0.2, 0.25) is 17.7 Å². The number of carbonyl (C=O) groups is 3. The van der Waals surface area contributed by atoms with E-state index in [1.807, 2.05) is 30.3 Å². The molecule has 12 heteroatoms. The van der Waals surface area contributed by atoms with Crippen molar-refractivity contribution in [3.05, 3.63) is 107 Å². The van der Waals surface area contributed by atoms with Crippen LogP contribution in [-0.4, -0.2) is 27.5 Å². The van der Waals surface area contributed by atoms with Gasteiger partial charge in [0.15, 0.2) is 0 Å². The fraction of sp³-hybridized carbons (Fsp3) is 0.143. The van der Waals surface area contributed by atoms with Gasteiger partial charge in [0.1, 0.15) is 11.8 Å². The number of halogens is 3. The van der Waals surface area contributed by atoms with Crippen LogP contribution in [0, 0.1) is 5.92 Å². The lowest BCUT2D eigenvalue weighted by Gasteiger charge is -2.30. The molecule has 2 aliphatic heterocycles. The molecule has 4 aromatic rings. The lowest BCUT2D eigenvalue weighted by Crippen LogP contribution is -2.33. The molecule has 0 bridgehead atoms. The summed E-state index contributed by atoms with van der Waals surface area (Å²) in [4.78, 5) is 55.4. The molecule has 3 atom stereocenters. The van der Waals surface area contributed by atoms with E-state index in [-0.39, 0.29) is 28.3 Å².